The van der Waals surface area contributed by atoms with E-state index in [0.717, 1.165) is 4.90 Å². The molecule has 0 radical (unpaired) electrons. The minimum absolute atomic E-state index is 0.0647. The van der Waals surface area contributed by atoms with E-state index in [0.29, 0.717) is 10.6 Å². The zero-order valence-electron chi connectivity index (χ0n) is 17.3. The third kappa shape index (κ3) is 6.26. The molecule has 2 aromatic rings. The molecule has 2 aromatic carbocycles. The van der Waals surface area contributed by atoms with Crippen LogP contribution in [-0.4, -0.2) is 62.7 Å². The number of thioether (sulfide) groups is 1. The van der Waals surface area contributed by atoms with Crippen LogP contribution in [0.2, 0.25) is 15.1 Å². The highest BCUT2D eigenvalue weighted by Crippen LogP contribution is 2.34. The molecule has 34 heavy (non-hydrogen) atoms. The van der Waals surface area contributed by atoms with Crippen LogP contribution in [0.4, 0.5) is 10.5 Å². The normalized spacial score (nSPS) is 16.1. The highest BCUT2D eigenvalue weighted by Gasteiger charge is 2.36. The Morgan fingerprint density at radius 1 is 1.06 bits per heavy atom. The summed E-state index contributed by atoms with van der Waals surface area (Å²) < 4.78 is 0. The number of nitrogens with zero attached hydrogens (tertiary/aromatic N) is 1. The van der Waals surface area contributed by atoms with Crippen LogP contribution in [0.3, 0.4) is 0 Å². The standard InChI is InChI=1S/C21H18Cl3N3O6S/c22-12-6-13(23)17(14(24)7-12)26-18(28)11-3-1-10(2-4-11)5-15(20(30)31)25-19(29)16-8-34-9-27(16)21(32)33/h1-4,6-7,15-16H,5,8-9H2,(H,25,29)(H,26,28)(H,30,31)(H,32,33)/t15-,16+/m0/s1. The molecule has 2 atom stereocenters. The lowest BCUT2D eigenvalue weighted by atomic mass is 10.0. The summed E-state index contributed by atoms with van der Waals surface area (Å²) in [6.07, 6.45) is -1.31. The zero-order valence-corrected chi connectivity index (χ0v) is 20.3. The van der Waals surface area contributed by atoms with Gasteiger partial charge in [0.05, 0.1) is 21.6 Å². The van der Waals surface area contributed by atoms with Crippen LogP contribution < -0.4 is 10.6 Å². The maximum absolute atomic E-state index is 12.6. The molecule has 0 aliphatic carbocycles. The topological polar surface area (TPSA) is 136 Å². The number of nitrogens with one attached hydrogen (secondary N) is 2. The third-order valence-electron chi connectivity index (χ3n) is 4.95. The molecule has 9 nitrogen and oxygen atoms in total. The lowest BCUT2D eigenvalue weighted by Gasteiger charge is -2.22. The second-order valence-corrected chi connectivity index (χ2v) is 9.52. The number of carboxylic acid groups (broad SMARTS) is 2. The van der Waals surface area contributed by atoms with Gasteiger partial charge in [0.15, 0.2) is 0 Å². The minimum atomic E-state index is -1.28. The number of aliphatic carboxylic acids is 1. The fourth-order valence-corrected chi connectivity index (χ4v) is 5.25. The van der Waals surface area contributed by atoms with E-state index in [9.17, 15) is 29.4 Å². The second-order valence-electron chi connectivity index (χ2n) is 7.27. The molecule has 0 saturated carbocycles. The van der Waals surface area contributed by atoms with Gasteiger partial charge in [-0.05, 0) is 29.8 Å². The van der Waals surface area contributed by atoms with Gasteiger partial charge in [0, 0.05) is 22.8 Å². The van der Waals surface area contributed by atoms with E-state index >= 15 is 0 Å². The first-order valence-corrected chi connectivity index (χ1v) is 12.0. The lowest BCUT2D eigenvalue weighted by Crippen LogP contribution is -2.52. The molecular formula is C21H18Cl3N3O6S. The Hall–Kier alpha value is -2.66. The van der Waals surface area contributed by atoms with Crippen molar-refractivity contribution in [2.75, 3.05) is 16.9 Å². The number of hydrogen-bond acceptors (Lipinski definition) is 5. The van der Waals surface area contributed by atoms with Gasteiger partial charge < -0.3 is 20.8 Å². The summed E-state index contributed by atoms with van der Waals surface area (Å²) in [5.74, 6) is -2.05. The summed E-state index contributed by atoms with van der Waals surface area (Å²) in [4.78, 5) is 48.9. The predicted molar refractivity (Wildman–Crippen MR) is 130 cm³/mol. The van der Waals surface area contributed by atoms with Gasteiger partial charge in [-0.3, -0.25) is 14.5 Å². The van der Waals surface area contributed by atoms with Crippen molar-refractivity contribution in [3.63, 3.8) is 0 Å². The van der Waals surface area contributed by atoms with Crippen molar-refractivity contribution in [1.29, 1.82) is 0 Å². The Labute approximate surface area is 213 Å². The molecule has 180 valence electrons. The molecule has 1 saturated heterocycles. The van der Waals surface area contributed by atoms with E-state index in [2.05, 4.69) is 10.6 Å². The largest absolute Gasteiger partial charge is 0.480 e. The molecule has 1 aliphatic heterocycles. The number of carbonyl (C=O) groups is 4. The minimum Gasteiger partial charge on any atom is -0.480 e. The summed E-state index contributed by atoms with van der Waals surface area (Å²) >= 11 is 19.3. The Balaban J connectivity index is 1.66. The third-order valence-corrected chi connectivity index (χ3v) is 6.77. The fourth-order valence-electron chi connectivity index (χ4n) is 3.19. The van der Waals surface area contributed by atoms with E-state index < -0.39 is 36.0 Å². The Morgan fingerprint density at radius 3 is 2.24 bits per heavy atom. The highest BCUT2D eigenvalue weighted by atomic mass is 35.5. The van der Waals surface area contributed by atoms with Crippen LogP contribution in [-0.2, 0) is 16.0 Å². The Kier molecular flexibility index (Phi) is 8.53. The Bertz CT molecular complexity index is 1110. The van der Waals surface area contributed by atoms with E-state index in [-0.39, 0.29) is 39.3 Å². The van der Waals surface area contributed by atoms with Gasteiger partial charge in [-0.15, -0.1) is 11.8 Å². The van der Waals surface area contributed by atoms with Gasteiger partial charge in [-0.2, -0.15) is 0 Å². The first-order valence-electron chi connectivity index (χ1n) is 9.72. The molecule has 0 bridgehead atoms. The fraction of sp³-hybridized carbons (Fsp3) is 0.238. The average Bonchev–Trinajstić information content (AvgIpc) is 3.26. The maximum Gasteiger partial charge on any atom is 0.408 e. The van der Waals surface area contributed by atoms with Crippen LogP contribution in [0.15, 0.2) is 36.4 Å². The molecule has 1 heterocycles. The monoisotopic (exact) mass is 545 g/mol. The van der Waals surface area contributed by atoms with E-state index in [4.69, 9.17) is 34.8 Å². The highest BCUT2D eigenvalue weighted by molar-refractivity contribution is 7.99. The lowest BCUT2D eigenvalue weighted by molar-refractivity contribution is -0.142. The number of carbonyl (C=O) groups excluding carboxylic acids is 2. The van der Waals surface area contributed by atoms with Crippen LogP contribution in [0.5, 0.6) is 0 Å². The van der Waals surface area contributed by atoms with Crippen molar-refractivity contribution in [1.82, 2.24) is 10.2 Å². The van der Waals surface area contributed by atoms with Crippen molar-refractivity contribution in [3.05, 3.63) is 62.6 Å². The number of anilines is 1. The molecule has 0 aromatic heterocycles. The van der Waals surface area contributed by atoms with Crippen molar-refractivity contribution in [2.45, 2.75) is 18.5 Å². The van der Waals surface area contributed by atoms with Crippen molar-refractivity contribution < 1.29 is 29.4 Å². The van der Waals surface area contributed by atoms with Gasteiger partial charge in [-0.25, -0.2) is 9.59 Å². The summed E-state index contributed by atoms with van der Waals surface area (Å²) in [6, 6.07) is 6.73. The maximum atomic E-state index is 12.6. The zero-order chi connectivity index (χ0) is 25.0. The molecule has 0 unspecified atom stereocenters. The van der Waals surface area contributed by atoms with Crippen LogP contribution >= 0.6 is 46.6 Å². The SMILES string of the molecule is O=C(Nc1c(Cl)cc(Cl)cc1Cl)c1ccc(C[C@H](NC(=O)[C@H]2CSCN2C(=O)O)C(=O)O)cc1. The van der Waals surface area contributed by atoms with E-state index in [1.54, 1.807) is 12.1 Å². The molecule has 4 N–H and O–H groups in total. The molecule has 0 spiro atoms. The van der Waals surface area contributed by atoms with Gasteiger partial charge in [0.25, 0.3) is 5.91 Å². The van der Waals surface area contributed by atoms with E-state index in [1.807, 2.05) is 0 Å². The molecule has 1 aliphatic rings. The molecule has 3 rings (SSSR count). The van der Waals surface area contributed by atoms with Gasteiger partial charge in [-0.1, -0.05) is 46.9 Å². The summed E-state index contributed by atoms with van der Waals surface area (Å²) in [5.41, 5.74) is 1.01. The number of benzene rings is 2. The van der Waals surface area contributed by atoms with Gasteiger partial charge >= 0.3 is 12.1 Å². The molecule has 3 amide bonds. The van der Waals surface area contributed by atoms with Gasteiger partial charge in [0.2, 0.25) is 5.91 Å². The summed E-state index contributed by atoms with van der Waals surface area (Å²) in [7, 11) is 0. The Morgan fingerprint density at radius 2 is 1.68 bits per heavy atom. The predicted octanol–water partition coefficient (Wildman–Crippen LogP) is 4.06. The molecular weight excluding hydrogens is 529 g/mol. The number of halogens is 3. The van der Waals surface area contributed by atoms with Crippen molar-refractivity contribution >= 4 is 76.1 Å². The summed E-state index contributed by atoms with van der Waals surface area (Å²) in [5, 5.41) is 24.4. The quantitative estimate of drug-likeness (QED) is 0.411. The average molecular weight is 547 g/mol. The van der Waals surface area contributed by atoms with E-state index in [1.165, 1.54) is 36.0 Å². The molecule has 1 fully saturated rings. The van der Waals surface area contributed by atoms with Gasteiger partial charge in [0.1, 0.15) is 12.1 Å². The number of amides is 3. The first kappa shape index (κ1) is 26.0. The van der Waals surface area contributed by atoms with Crippen molar-refractivity contribution in [2.24, 2.45) is 0 Å². The van der Waals surface area contributed by atoms with Crippen LogP contribution in [0, 0.1) is 0 Å². The second kappa shape index (κ2) is 11.2. The summed E-state index contributed by atoms with van der Waals surface area (Å²) in [6.45, 7) is 0. The van der Waals surface area contributed by atoms with Crippen LogP contribution in [0.25, 0.3) is 0 Å². The number of carboxylic acids is 1. The first-order chi connectivity index (χ1) is 16.1. The molecule has 13 heteroatoms. The number of hydrogen-bond donors (Lipinski definition) is 4. The smallest absolute Gasteiger partial charge is 0.408 e. The number of rotatable bonds is 7. The van der Waals surface area contributed by atoms with Crippen LogP contribution in [0.1, 0.15) is 15.9 Å². The van der Waals surface area contributed by atoms with Crippen molar-refractivity contribution in [3.8, 4) is 0 Å².